The summed E-state index contributed by atoms with van der Waals surface area (Å²) in [5.41, 5.74) is 2.55. The third-order valence-electron chi connectivity index (χ3n) is 4.90. The van der Waals surface area contributed by atoms with Gasteiger partial charge >= 0.3 is 0 Å². The highest BCUT2D eigenvalue weighted by Crippen LogP contribution is 2.32. The van der Waals surface area contributed by atoms with Crippen LogP contribution in [0.25, 0.3) is 0 Å². The molecule has 1 aromatic carbocycles. The average molecular weight is 372 g/mol. The highest BCUT2D eigenvalue weighted by Gasteiger charge is 2.24. The fourth-order valence-electron chi connectivity index (χ4n) is 3.66. The number of piperidine rings is 1. The summed E-state index contributed by atoms with van der Waals surface area (Å²) in [7, 11) is 0. The molecule has 0 bridgehead atoms. The van der Waals surface area contributed by atoms with Crippen LogP contribution >= 0.6 is 27.5 Å². The molecule has 116 valence electrons. The van der Waals surface area contributed by atoms with Gasteiger partial charge in [0.15, 0.2) is 0 Å². The van der Waals surface area contributed by atoms with Crippen LogP contribution in [0.3, 0.4) is 0 Å². The van der Waals surface area contributed by atoms with Crippen LogP contribution in [0.1, 0.15) is 31.2 Å². The molecule has 0 spiro atoms. The minimum atomic E-state index is 0.829. The van der Waals surface area contributed by atoms with Crippen molar-refractivity contribution in [1.29, 1.82) is 0 Å². The van der Waals surface area contributed by atoms with Crippen LogP contribution in [-0.4, -0.2) is 37.6 Å². The fraction of sp³-hybridized carbons (Fsp3) is 0.647. The summed E-state index contributed by atoms with van der Waals surface area (Å²) in [5.74, 6) is 0.881. The normalized spacial score (nSPS) is 21.1. The number of hydrogen-bond acceptors (Lipinski definition) is 2. The minimum absolute atomic E-state index is 0.829. The zero-order valence-corrected chi connectivity index (χ0v) is 14.9. The molecule has 2 saturated heterocycles. The maximum Gasteiger partial charge on any atom is 0.0467 e. The lowest BCUT2D eigenvalue weighted by Gasteiger charge is -2.36. The van der Waals surface area contributed by atoms with Crippen molar-refractivity contribution < 1.29 is 0 Å². The van der Waals surface area contributed by atoms with Crippen LogP contribution in [-0.2, 0) is 5.33 Å². The maximum atomic E-state index is 6.33. The number of anilines is 1. The Hall–Kier alpha value is -0.250. The van der Waals surface area contributed by atoms with Gasteiger partial charge in [0.1, 0.15) is 0 Å². The van der Waals surface area contributed by atoms with Crippen molar-refractivity contribution in [3.8, 4) is 0 Å². The van der Waals surface area contributed by atoms with Crippen LogP contribution in [0.15, 0.2) is 18.2 Å². The van der Waals surface area contributed by atoms with Gasteiger partial charge in [0.25, 0.3) is 0 Å². The fourth-order valence-corrected chi connectivity index (χ4v) is 4.65. The molecule has 2 aliphatic heterocycles. The molecule has 21 heavy (non-hydrogen) atoms. The average Bonchev–Trinajstić information content (AvgIpc) is 3.01. The van der Waals surface area contributed by atoms with Crippen LogP contribution in [0.5, 0.6) is 0 Å². The smallest absolute Gasteiger partial charge is 0.0467 e. The second-order valence-electron chi connectivity index (χ2n) is 6.31. The Bertz CT molecular complexity index is 466. The van der Waals surface area contributed by atoms with Gasteiger partial charge in [-0.25, -0.2) is 0 Å². The number of benzene rings is 1. The number of alkyl halides is 1. The molecule has 2 nitrogen and oxygen atoms in total. The van der Waals surface area contributed by atoms with E-state index in [-0.39, 0.29) is 0 Å². The largest absolute Gasteiger partial charge is 0.371 e. The van der Waals surface area contributed by atoms with Crippen LogP contribution in [0, 0.1) is 5.92 Å². The van der Waals surface area contributed by atoms with Gasteiger partial charge in [0.05, 0.1) is 0 Å². The van der Waals surface area contributed by atoms with E-state index in [0.717, 1.165) is 16.3 Å². The molecule has 4 heteroatoms. The van der Waals surface area contributed by atoms with Crippen LogP contribution < -0.4 is 4.90 Å². The molecule has 2 aliphatic rings. The molecular weight excluding hydrogens is 348 g/mol. The molecule has 0 unspecified atom stereocenters. The van der Waals surface area contributed by atoms with Gasteiger partial charge in [-0.05, 0) is 56.8 Å². The summed E-state index contributed by atoms with van der Waals surface area (Å²) in [6, 6.07) is 6.27. The van der Waals surface area contributed by atoms with Crippen molar-refractivity contribution >= 4 is 33.2 Å². The van der Waals surface area contributed by atoms with Gasteiger partial charge in [0.2, 0.25) is 0 Å². The predicted octanol–water partition coefficient (Wildman–Crippen LogP) is 4.55. The molecule has 2 heterocycles. The third kappa shape index (κ3) is 3.75. The van der Waals surface area contributed by atoms with Gasteiger partial charge in [-0.15, -0.1) is 0 Å². The molecule has 0 radical (unpaired) electrons. The molecule has 0 saturated carbocycles. The van der Waals surface area contributed by atoms with Crippen LogP contribution in [0.4, 0.5) is 5.69 Å². The first-order valence-electron chi connectivity index (χ1n) is 8.08. The molecule has 3 rings (SSSR count). The van der Waals surface area contributed by atoms with Gasteiger partial charge in [-0.2, -0.15) is 0 Å². The molecule has 1 aromatic rings. The maximum absolute atomic E-state index is 6.33. The Balaban J connectivity index is 1.59. The zero-order chi connectivity index (χ0) is 14.7. The summed E-state index contributed by atoms with van der Waals surface area (Å²) in [4.78, 5) is 5.17. The van der Waals surface area contributed by atoms with Gasteiger partial charge in [-0.1, -0.05) is 33.6 Å². The Morgan fingerprint density at radius 1 is 1.10 bits per heavy atom. The van der Waals surface area contributed by atoms with Crippen molar-refractivity contribution in [2.24, 2.45) is 5.92 Å². The van der Waals surface area contributed by atoms with E-state index in [9.17, 15) is 0 Å². The first-order valence-corrected chi connectivity index (χ1v) is 9.58. The van der Waals surface area contributed by atoms with Crippen LogP contribution in [0.2, 0.25) is 5.02 Å². The molecule has 0 atom stereocenters. The topological polar surface area (TPSA) is 6.48 Å². The summed E-state index contributed by atoms with van der Waals surface area (Å²) < 4.78 is 0. The summed E-state index contributed by atoms with van der Waals surface area (Å²) in [6.45, 7) is 6.29. The predicted molar refractivity (Wildman–Crippen MR) is 94.7 cm³/mol. The summed E-state index contributed by atoms with van der Waals surface area (Å²) in [6.07, 6.45) is 5.42. The van der Waals surface area contributed by atoms with E-state index in [1.807, 2.05) is 6.07 Å². The standard InChI is InChI=1S/C17H24BrClN2/c18-12-15-16(19)4-3-5-17(15)21-10-6-14(7-11-21)13-20-8-1-2-9-20/h3-5,14H,1-2,6-13H2. The monoisotopic (exact) mass is 370 g/mol. The number of likely N-dealkylation sites (tertiary alicyclic amines) is 1. The van der Waals surface area contributed by atoms with E-state index < -0.39 is 0 Å². The lowest BCUT2D eigenvalue weighted by atomic mass is 9.95. The van der Waals surface area contributed by atoms with Crippen molar-refractivity contribution in [2.75, 3.05) is 37.6 Å². The van der Waals surface area contributed by atoms with E-state index >= 15 is 0 Å². The second-order valence-corrected chi connectivity index (χ2v) is 7.28. The number of hydrogen-bond donors (Lipinski definition) is 0. The molecule has 0 aromatic heterocycles. The Labute approximate surface area is 141 Å². The molecule has 2 fully saturated rings. The van der Waals surface area contributed by atoms with E-state index in [1.165, 1.54) is 69.7 Å². The van der Waals surface area contributed by atoms with E-state index in [4.69, 9.17) is 11.6 Å². The lowest BCUT2D eigenvalue weighted by Crippen LogP contribution is -2.38. The van der Waals surface area contributed by atoms with E-state index in [1.54, 1.807) is 0 Å². The molecule has 0 N–H and O–H groups in total. The first-order chi connectivity index (χ1) is 10.3. The third-order valence-corrected chi connectivity index (χ3v) is 5.81. The van der Waals surface area contributed by atoms with Gasteiger partial charge in [0, 0.05) is 41.2 Å². The van der Waals surface area contributed by atoms with Crippen molar-refractivity contribution in [3.05, 3.63) is 28.8 Å². The molecular formula is C17H24BrClN2. The zero-order valence-electron chi connectivity index (χ0n) is 12.5. The highest BCUT2D eigenvalue weighted by atomic mass is 79.9. The van der Waals surface area contributed by atoms with Crippen molar-refractivity contribution in [2.45, 2.75) is 31.0 Å². The second kappa shape index (κ2) is 7.34. The Morgan fingerprint density at radius 2 is 1.81 bits per heavy atom. The summed E-state index contributed by atoms with van der Waals surface area (Å²) >= 11 is 9.91. The minimum Gasteiger partial charge on any atom is -0.371 e. The SMILES string of the molecule is Clc1cccc(N2CCC(CN3CCCC3)CC2)c1CBr. The Morgan fingerprint density at radius 3 is 2.48 bits per heavy atom. The van der Waals surface area contributed by atoms with E-state index in [0.29, 0.717) is 0 Å². The van der Waals surface area contributed by atoms with Crippen molar-refractivity contribution in [1.82, 2.24) is 4.90 Å². The van der Waals surface area contributed by atoms with Gasteiger partial charge in [-0.3, -0.25) is 0 Å². The van der Waals surface area contributed by atoms with Gasteiger partial charge < -0.3 is 9.80 Å². The molecule has 0 aliphatic carbocycles. The lowest BCUT2D eigenvalue weighted by molar-refractivity contribution is 0.249. The highest BCUT2D eigenvalue weighted by molar-refractivity contribution is 9.08. The number of rotatable bonds is 4. The van der Waals surface area contributed by atoms with E-state index in [2.05, 4.69) is 37.9 Å². The van der Waals surface area contributed by atoms with Crippen molar-refractivity contribution in [3.63, 3.8) is 0 Å². The Kier molecular flexibility index (Phi) is 5.47. The molecule has 0 amide bonds. The first kappa shape index (κ1) is 15.6. The number of nitrogens with zero attached hydrogens (tertiary/aromatic N) is 2. The quantitative estimate of drug-likeness (QED) is 0.717. The number of halogens is 2. The summed E-state index contributed by atoms with van der Waals surface area (Å²) in [5, 5.41) is 1.71.